The van der Waals surface area contributed by atoms with Crippen molar-refractivity contribution in [2.24, 2.45) is 11.7 Å². The highest BCUT2D eigenvalue weighted by atomic mass is 16.1. The van der Waals surface area contributed by atoms with Gasteiger partial charge in [0.05, 0.1) is 5.92 Å². The molecule has 1 aromatic carbocycles. The van der Waals surface area contributed by atoms with E-state index in [4.69, 9.17) is 5.73 Å². The number of benzene rings is 1. The van der Waals surface area contributed by atoms with E-state index in [-0.39, 0.29) is 17.9 Å². The largest absolute Gasteiger partial charge is 0.352 e. The number of nitrogens with two attached hydrogens (primary N) is 1. The SMILES string of the molecule is Cc1ccccc1CNC(=O)C1CCCCCC1N. The van der Waals surface area contributed by atoms with E-state index in [9.17, 15) is 4.79 Å². The Balaban J connectivity index is 1.91. The highest BCUT2D eigenvalue weighted by Gasteiger charge is 2.26. The van der Waals surface area contributed by atoms with Gasteiger partial charge in [0.25, 0.3) is 0 Å². The zero-order valence-corrected chi connectivity index (χ0v) is 11.7. The third kappa shape index (κ3) is 3.80. The van der Waals surface area contributed by atoms with Crippen LogP contribution in [0.25, 0.3) is 0 Å². The van der Waals surface area contributed by atoms with Crippen molar-refractivity contribution in [3.63, 3.8) is 0 Å². The van der Waals surface area contributed by atoms with Gasteiger partial charge in [-0.3, -0.25) is 4.79 Å². The predicted octanol–water partition coefficient (Wildman–Crippen LogP) is 2.52. The maximum atomic E-state index is 12.3. The molecule has 3 nitrogen and oxygen atoms in total. The normalized spacial score (nSPS) is 23.7. The number of hydrogen-bond acceptors (Lipinski definition) is 2. The Hall–Kier alpha value is -1.35. The van der Waals surface area contributed by atoms with Gasteiger partial charge in [-0.1, -0.05) is 43.5 Å². The molecular weight excluding hydrogens is 236 g/mol. The molecular formula is C16H24N2O. The molecule has 19 heavy (non-hydrogen) atoms. The fourth-order valence-electron chi connectivity index (χ4n) is 2.78. The Kier molecular flexibility index (Phi) is 4.97. The number of nitrogens with one attached hydrogen (secondary N) is 1. The summed E-state index contributed by atoms with van der Waals surface area (Å²) in [5.41, 5.74) is 8.51. The van der Waals surface area contributed by atoms with Crippen molar-refractivity contribution in [3.05, 3.63) is 35.4 Å². The van der Waals surface area contributed by atoms with Crippen LogP contribution in [0.5, 0.6) is 0 Å². The lowest BCUT2D eigenvalue weighted by Gasteiger charge is -2.20. The first-order valence-electron chi connectivity index (χ1n) is 7.26. The third-order valence-electron chi connectivity index (χ3n) is 4.12. The molecule has 1 amide bonds. The summed E-state index contributed by atoms with van der Waals surface area (Å²) in [5.74, 6) is 0.115. The van der Waals surface area contributed by atoms with Crippen molar-refractivity contribution in [1.82, 2.24) is 5.32 Å². The number of hydrogen-bond donors (Lipinski definition) is 2. The van der Waals surface area contributed by atoms with Crippen LogP contribution in [-0.4, -0.2) is 11.9 Å². The molecule has 0 aliphatic heterocycles. The number of rotatable bonds is 3. The second kappa shape index (κ2) is 6.71. The Morgan fingerprint density at radius 2 is 2.00 bits per heavy atom. The second-order valence-electron chi connectivity index (χ2n) is 5.55. The molecule has 3 heteroatoms. The first-order chi connectivity index (χ1) is 9.18. The standard InChI is InChI=1S/C16H24N2O/c1-12-7-5-6-8-13(12)11-18-16(19)14-9-3-2-4-10-15(14)17/h5-8,14-15H,2-4,9-11,17H2,1H3,(H,18,19). The van der Waals surface area contributed by atoms with Crippen LogP contribution < -0.4 is 11.1 Å². The lowest BCUT2D eigenvalue weighted by molar-refractivity contribution is -0.126. The molecule has 3 N–H and O–H groups in total. The Bertz CT molecular complexity index is 431. The van der Waals surface area contributed by atoms with Gasteiger partial charge in [-0.05, 0) is 30.9 Å². The molecule has 0 aromatic heterocycles. The van der Waals surface area contributed by atoms with Gasteiger partial charge in [0.2, 0.25) is 5.91 Å². The topological polar surface area (TPSA) is 55.1 Å². The van der Waals surface area contributed by atoms with E-state index in [0.717, 1.165) is 25.7 Å². The van der Waals surface area contributed by atoms with Gasteiger partial charge in [0.15, 0.2) is 0 Å². The minimum atomic E-state index is -0.00785. The molecule has 0 spiro atoms. The molecule has 0 radical (unpaired) electrons. The van der Waals surface area contributed by atoms with Crippen LogP contribution >= 0.6 is 0 Å². The Morgan fingerprint density at radius 3 is 2.79 bits per heavy atom. The van der Waals surface area contributed by atoms with Crippen LogP contribution in [-0.2, 0) is 11.3 Å². The molecule has 1 fully saturated rings. The summed E-state index contributed by atoms with van der Waals surface area (Å²) >= 11 is 0. The summed E-state index contributed by atoms with van der Waals surface area (Å²) in [6, 6.07) is 8.18. The van der Waals surface area contributed by atoms with Crippen molar-refractivity contribution in [2.45, 2.75) is 51.6 Å². The summed E-state index contributed by atoms with van der Waals surface area (Å²) < 4.78 is 0. The molecule has 0 heterocycles. The molecule has 2 rings (SSSR count). The maximum Gasteiger partial charge on any atom is 0.224 e. The highest BCUT2D eigenvalue weighted by molar-refractivity contribution is 5.79. The monoisotopic (exact) mass is 260 g/mol. The van der Waals surface area contributed by atoms with Crippen LogP contribution in [0.2, 0.25) is 0 Å². The van der Waals surface area contributed by atoms with Gasteiger partial charge < -0.3 is 11.1 Å². The van der Waals surface area contributed by atoms with E-state index >= 15 is 0 Å². The van der Waals surface area contributed by atoms with Crippen LogP contribution in [0.15, 0.2) is 24.3 Å². The van der Waals surface area contributed by atoms with E-state index in [1.807, 2.05) is 12.1 Å². The average molecular weight is 260 g/mol. The molecule has 1 aliphatic rings. The summed E-state index contributed by atoms with van der Waals surface area (Å²) in [6.45, 7) is 2.67. The van der Waals surface area contributed by atoms with Gasteiger partial charge in [0.1, 0.15) is 0 Å². The molecule has 104 valence electrons. The minimum Gasteiger partial charge on any atom is -0.352 e. The first kappa shape index (κ1) is 14.1. The number of amides is 1. The molecule has 0 saturated heterocycles. The summed E-state index contributed by atoms with van der Waals surface area (Å²) in [6.07, 6.45) is 5.39. The predicted molar refractivity (Wildman–Crippen MR) is 77.6 cm³/mol. The minimum absolute atomic E-state index is 0.00785. The number of aryl methyl sites for hydroxylation is 1. The molecule has 0 bridgehead atoms. The summed E-state index contributed by atoms with van der Waals surface area (Å²) in [7, 11) is 0. The highest BCUT2D eigenvalue weighted by Crippen LogP contribution is 2.22. The van der Waals surface area contributed by atoms with Crippen molar-refractivity contribution >= 4 is 5.91 Å². The van der Waals surface area contributed by atoms with Crippen LogP contribution in [0.3, 0.4) is 0 Å². The smallest absolute Gasteiger partial charge is 0.224 e. The van der Waals surface area contributed by atoms with Gasteiger partial charge in [-0.25, -0.2) is 0 Å². The molecule has 1 saturated carbocycles. The van der Waals surface area contributed by atoms with Gasteiger partial charge >= 0.3 is 0 Å². The maximum absolute atomic E-state index is 12.3. The van der Waals surface area contributed by atoms with Crippen LogP contribution in [0.4, 0.5) is 0 Å². The number of carbonyl (C=O) groups is 1. The van der Waals surface area contributed by atoms with Crippen molar-refractivity contribution in [1.29, 1.82) is 0 Å². The zero-order chi connectivity index (χ0) is 13.7. The van der Waals surface area contributed by atoms with E-state index in [0.29, 0.717) is 6.54 Å². The van der Waals surface area contributed by atoms with Crippen molar-refractivity contribution in [3.8, 4) is 0 Å². The quantitative estimate of drug-likeness (QED) is 0.820. The second-order valence-corrected chi connectivity index (χ2v) is 5.55. The van der Waals surface area contributed by atoms with Crippen molar-refractivity contribution in [2.75, 3.05) is 0 Å². The fraction of sp³-hybridized carbons (Fsp3) is 0.562. The molecule has 2 atom stereocenters. The third-order valence-corrected chi connectivity index (χ3v) is 4.12. The van der Waals surface area contributed by atoms with E-state index < -0.39 is 0 Å². The van der Waals surface area contributed by atoms with Gasteiger partial charge in [-0.2, -0.15) is 0 Å². The van der Waals surface area contributed by atoms with Crippen LogP contribution in [0, 0.1) is 12.8 Å². The molecule has 2 unspecified atom stereocenters. The zero-order valence-electron chi connectivity index (χ0n) is 11.7. The number of carbonyl (C=O) groups excluding carboxylic acids is 1. The summed E-state index contributed by atoms with van der Waals surface area (Å²) in [4.78, 5) is 12.3. The van der Waals surface area contributed by atoms with E-state index in [1.54, 1.807) is 0 Å². The van der Waals surface area contributed by atoms with E-state index in [1.165, 1.54) is 17.5 Å². The first-order valence-corrected chi connectivity index (χ1v) is 7.26. The lowest BCUT2D eigenvalue weighted by atomic mass is 9.94. The van der Waals surface area contributed by atoms with Gasteiger partial charge in [0, 0.05) is 12.6 Å². The lowest BCUT2D eigenvalue weighted by Crippen LogP contribution is -2.41. The van der Waals surface area contributed by atoms with E-state index in [2.05, 4.69) is 24.4 Å². The fourth-order valence-corrected chi connectivity index (χ4v) is 2.78. The Morgan fingerprint density at radius 1 is 1.26 bits per heavy atom. The molecule has 1 aromatic rings. The average Bonchev–Trinajstić information content (AvgIpc) is 2.62. The Labute approximate surface area is 115 Å². The molecule has 1 aliphatic carbocycles. The van der Waals surface area contributed by atoms with Crippen LogP contribution in [0.1, 0.15) is 43.2 Å². The summed E-state index contributed by atoms with van der Waals surface area (Å²) in [5, 5.41) is 3.05. The van der Waals surface area contributed by atoms with Crippen molar-refractivity contribution < 1.29 is 4.79 Å². The van der Waals surface area contributed by atoms with Gasteiger partial charge in [-0.15, -0.1) is 0 Å².